The molecule has 22 heavy (non-hydrogen) atoms. The SMILES string of the molecule is N#CC(C(=O)n1ccnc1)=C1SCC(c2ccccc2Cl)S1. The Balaban J connectivity index is 1.88. The second-order valence-corrected chi connectivity index (χ2v) is 7.40. The summed E-state index contributed by atoms with van der Waals surface area (Å²) in [5.74, 6) is 0.432. The highest BCUT2D eigenvalue weighted by molar-refractivity contribution is 8.25. The molecule has 0 amide bonds. The number of carbonyl (C=O) groups excluding carboxylic acids is 1. The van der Waals surface area contributed by atoms with Crippen LogP contribution in [-0.4, -0.2) is 21.2 Å². The standard InChI is InChI=1S/C15H10ClN3OS2/c16-12-4-2-1-3-10(12)13-8-21-15(22-13)11(7-17)14(20)19-6-5-18-9-19/h1-6,9,13H,8H2. The lowest BCUT2D eigenvalue weighted by atomic mass is 10.2. The number of allylic oxidation sites excluding steroid dienone is 1. The molecule has 1 saturated heterocycles. The van der Waals surface area contributed by atoms with Crippen LogP contribution < -0.4 is 0 Å². The number of hydrogen-bond donors (Lipinski definition) is 0. The lowest BCUT2D eigenvalue weighted by molar-refractivity contribution is 0.0960. The number of nitriles is 1. The molecule has 3 rings (SSSR count). The van der Waals surface area contributed by atoms with Gasteiger partial charge in [-0.15, -0.1) is 23.5 Å². The Morgan fingerprint density at radius 3 is 2.95 bits per heavy atom. The molecule has 110 valence electrons. The number of hydrogen-bond acceptors (Lipinski definition) is 5. The molecule has 4 nitrogen and oxygen atoms in total. The number of halogens is 1. The smallest absolute Gasteiger partial charge is 0.272 e. The largest absolute Gasteiger partial charge is 0.275 e. The van der Waals surface area contributed by atoms with Crippen molar-refractivity contribution < 1.29 is 4.79 Å². The molecule has 1 atom stereocenters. The van der Waals surface area contributed by atoms with Gasteiger partial charge in [0.15, 0.2) is 0 Å². The van der Waals surface area contributed by atoms with Crippen LogP contribution in [0, 0.1) is 11.3 Å². The Kier molecular flexibility index (Phi) is 4.57. The number of carbonyl (C=O) groups is 1. The third kappa shape index (κ3) is 2.93. The molecule has 1 fully saturated rings. The quantitative estimate of drug-likeness (QED) is 0.603. The van der Waals surface area contributed by atoms with Crippen molar-refractivity contribution in [1.29, 1.82) is 5.26 Å². The lowest BCUT2D eigenvalue weighted by Gasteiger charge is -2.09. The van der Waals surface area contributed by atoms with Crippen LogP contribution in [0.15, 0.2) is 52.8 Å². The highest BCUT2D eigenvalue weighted by Gasteiger charge is 2.29. The first-order valence-corrected chi connectivity index (χ1v) is 8.66. The van der Waals surface area contributed by atoms with Crippen LogP contribution in [0.5, 0.6) is 0 Å². The zero-order chi connectivity index (χ0) is 15.5. The van der Waals surface area contributed by atoms with Crippen LogP contribution in [0.1, 0.15) is 15.6 Å². The Labute approximate surface area is 141 Å². The molecule has 1 aromatic heterocycles. The molecule has 1 unspecified atom stereocenters. The summed E-state index contributed by atoms with van der Waals surface area (Å²) in [7, 11) is 0. The van der Waals surface area contributed by atoms with Crippen molar-refractivity contribution in [3.63, 3.8) is 0 Å². The summed E-state index contributed by atoms with van der Waals surface area (Å²) in [6, 6.07) is 9.69. The third-order valence-corrected chi connectivity index (χ3v) is 6.42. The highest BCUT2D eigenvalue weighted by Crippen LogP contribution is 2.52. The first-order valence-electron chi connectivity index (χ1n) is 6.41. The van der Waals surface area contributed by atoms with Gasteiger partial charge in [0.05, 0.1) is 4.24 Å². The predicted molar refractivity (Wildman–Crippen MR) is 89.7 cm³/mol. The minimum absolute atomic E-state index is 0.146. The van der Waals surface area contributed by atoms with Gasteiger partial charge in [0, 0.05) is 28.4 Å². The Morgan fingerprint density at radius 1 is 1.45 bits per heavy atom. The van der Waals surface area contributed by atoms with E-state index in [1.165, 1.54) is 46.8 Å². The highest BCUT2D eigenvalue weighted by atomic mass is 35.5. The summed E-state index contributed by atoms with van der Waals surface area (Å²) in [6.07, 6.45) is 4.45. The van der Waals surface area contributed by atoms with E-state index in [9.17, 15) is 10.1 Å². The topological polar surface area (TPSA) is 58.7 Å². The first kappa shape index (κ1) is 15.2. The Morgan fingerprint density at radius 2 is 2.27 bits per heavy atom. The monoisotopic (exact) mass is 347 g/mol. The van der Waals surface area contributed by atoms with Gasteiger partial charge in [-0.3, -0.25) is 9.36 Å². The number of nitrogens with zero attached hydrogens (tertiary/aromatic N) is 3. The summed E-state index contributed by atoms with van der Waals surface area (Å²) in [4.78, 5) is 16.2. The maximum atomic E-state index is 12.3. The maximum absolute atomic E-state index is 12.3. The summed E-state index contributed by atoms with van der Waals surface area (Å²) < 4.78 is 2.06. The minimum Gasteiger partial charge on any atom is -0.272 e. The van der Waals surface area contributed by atoms with E-state index in [1.807, 2.05) is 30.3 Å². The number of aromatic nitrogens is 2. The molecule has 0 spiro atoms. The van der Waals surface area contributed by atoms with Crippen molar-refractivity contribution in [2.24, 2.45) is 0 Å². The van der Waals surface area contributed by atoms with Gasteiger partial charge in [0.25, 0.3) is 5.91 Å². The Bertz CT molecular complexity index is 780. The predicted octanol–water partition coefficient (Wildman–Crippen LogP) is 4.13. The van der Waals surface area contributed by atoms with Crippen molar-refractivity contribution in [2.45, 2.75) is 5.25 Å². The lowest BCUT2D eigenvalue weighted by Crippen LogP contribution is -2.11. The van der Waals surface area contributed by atoms with Crippen LogP contribution in [0.25, 0.3) is 0 Å². The molecule has 2 heterocycles. The zero-order valence-electron chi connectivity index (χ0n) is 11.3. The van der Waals surface area contributed by atoms with E-state index in [0.717, 1.165) is 15.6 Å². The second-order valence-electron chi connectivity index (χ2n) is 4.49. The molecule has 7 heteroatoms. The summed E-state index contributed by atoms with van der Waals surface area (Å²) >= 11 is 9.26. The summed E-state index contributed by atoms with van der Waals surface area (Å²) in [5.41, 5.74) is 1.19. The molecule has 0 N–H and O–H groups in total. The van der Waals surface area contributed by atoms with Crippen molar-refractivity contribution in [3.05, 3.63) is 63.4 Å². The van der Waals surface area contributed by atoms with E-state index >= 15 is 0 Å². The molecule has 1 aliphatic rings. The molecule has 0 aliphatic carbocycles. The maximum Gasteiger partial charge on any atom is 0.275 e. The fourth-order valence-electron chi connectivity index (χ4n) is 2.06. The van der Waals surface area contributed by atoms with Crippen molar-refractivity contribution in [3.8, 4) is 6.07 Å². The number of rotatable bonds is 2. The van der Waals surface area contributed by atoms with Gasteiger partial charge in [0.2, 0.25) is 0 Å². The average molecular weight is 348 g/mol. The molecule has 0 saturated carbocycles. The van der Waals surface area contributed by atoms with E-state index in [2.05, 4.69) is 4.98 Å². The number of benzene rings is 1. The van der Waals surface area contributed by atoms with Gasteiger partial charge >= 0.3 is 0 Å². The van der Waals surface area contributed by atoms with E-state index in [1.54, 1.807) is 0 Å². The van der Waals surface area contributed by atoms with Gasteiger partial charge in [0.1, 0.15) is 18.0 Å². The Hall–Kier alpha value is -1.68. The van der Waals surface area contributed by atoms with Crippen LogP contribution in [0.4, 0.5) is 0 Å². The zero-order valence-corrected chi connectivity index (χ0v) is 13.7. The van der Waals surface area contributed by atoms with Gasteiger partial charge in [-0.1, -0.05) is 29.8 Å². The minimum atomic E-state index is -0.352. The summed E-state index contributed by atoms with van der Waals surface area (Å²) in [5, 5.41) is 10.2. The average Bonchev–Trinajstić information content (AvgIpc) is 3.20. The van der Waals surface area contributed by atoms with E-state index < -0.39 is 0 Å². The third-order valence-electron chi connectivity index (χ3n) is 3.14. The number of thioether (sulfide) groups is 2. The van der Waals surface area contributed by atoms with Crippen LogP contribution in [-0.2, 0) is 0 Å². The molecule has 0 bridgehead atoms. The fraction of sp³-hybridized carbons (Fsp3) is 0.133. The van der Waals surface area contributed by atoms with Gasteiger partial charge in [-0.25, -0.2) is 4.98 Å². The first-order chi connectivity index (χ1) is 10.7. The number of imidazole rings is 1. The molecule has 2 aromatic rings. The molecule has 0 radical (unpaired) electrons. The van der Waals surface area contributed by atoms with Crippen LogP contribution >= 0.6 is 35.1 Å². The molecule has 1 aromatic carbocycles. The van der Waals surface area contributed by atoms with E-state index in [0.29, 0.717) is 5.02 Å². The molecular weight excluding hydrogens is 338 g/mol. The second kappa shape index (κ2) is 6.61. The van der Waals surface area contributed by atoms with E-state index in [-0.39, 0.29) is 16.7 Å². The summed E-state index contributed by atoms with van der Waals surface area (Å²) in [6.45, 7) is 0. The normalized spacial score (nSPS) is 19.7. The van der Waals surface area contributed by atoms with Crippen LogP contribution in [0.3, 0.4) is 0 Å². The van der Waals surface area contributed by atoms with Crippen LogP contribution in [0.2, 0.25) is 5.02 Å². The van der Waals surface area contributed by atoms with E-state index in [4.69, 9.17) is 11.6 Å². The molecular formula is C15H10ClN3OS2. The van der Waals surface area contributed by atoms with Gasteiger partial charge < -0.3 is 0 Å². The molecule has 1 aliphatic heterocycles. The van der Waals surface area contributed by atoms with Crippen molar-refractivity contribution >= 4 is 41.0 Å². The van der Waals surface area contributed by atoms with Crippen molar-refractivity contribution in [1.82, 2.24) is 9.55 Å². The fourth-order valence-corrected chi connectivity index (χ4v) is 5.29. The van der Waals surface area contributed by atoms with Gasteiger partial charge in [-0.2, -0.15) is 5.26 Å². The van der Waals surface area contributed by atoms with Gasteiger partial charge in [-0.05, 0) is 11.6 Å². The van der Waals surface area contributed by atoms with Crippen molar-refractivity contribution in [2.75, 3.05) is 5.75 Å².